The smallest absolute Gasteiger partial charge is 0.252 e. The van der Waals surface area contributed by atoms with Gasteiger partial charge in [0.1, 0.15) is 0 Å². The molecule has 8 heteroatoms. The monoisotopic (exact) mass is 441 g/mol. The van der Waals surface area contributed by atoms with Gasteiger partial charge in [-0.25, -0.2) is 8.42 Å². The second-order valence-electron chi connectivity index (χ2n) is 7.96. The molecule has 0 aromatic heterocycles. The number of amides is 1. The summed E-state index contributed by atoms with van der Waals surface area (Å²) < 4.78 is 27.0. The number of hydrogen-bond acceptors (Lipinski definition) is 4. The molecule has 0 unspecified atom stereocenters. The maximum absolute atomic E-state index is 12.8. The molecule has 6 nitrogen and oxygen atoms in total. The number of rotatable bonds is 8. The Morgan fingerprint density at radius 2 is 1.90 bits per heavy atom. The van der Waals surface area contributed by atoms with E-state index in [9.17, 15) is 13.2 Å². The van der Waals surface area contributed by atoms with Crippen molar-refractivity contribution in [2.75, 3.05) is 32.7 Å². The molecule has 1 N–H and O–H groups in total. The lowest BCUT2D eigenvalue weighted by molar-refractivity contribution is 0.0947. The molecule has 162 valence electrons. The quantitative estimate of drug-likeness (QED) is 0.627. The van der Waals surface area contributed by atoms with Gasteiger partial charge in [0.25, 0.3) is 5.91 Å². The van der Waals surface area contributed by atoms with Crippen LogP contribution in [0.3, 0.4) is 0 Å². The van der Waals surface area contributed by atoms with Crippen LogP contribution in [-0.2, 0) is 10.0 Å². The Hall–Kier alpha value is -1.15. The van der Waals surface area contributed by atoms with Gasteiger partial charge < -0.3 is 10.2 Å². The molecule has 2 saturated heterocycles. The van der Waals surface area contributed by atoms with Crippen molar-refractivity contribution in [3.63, 3.8) is 0 Å². The van der Waals surface area contributed by atoms with E-state index in [1.165, 1.54) is 48.2 Å². The third-order valence-corrected chi connectivity index (χ3v) is 8.24. The van der Waals surface area contributed by atoms with Crippen LogP contribution in [0.4, 0.5) is 0 Å². The van der Waals surface area contributed by atoms with Crippen molar-refractivity contribution in [3.8, 4) is 0 Å². The normalized spacial score (nSPS) is 21.4. The van der Waals surface area contributed by atoms with Gasteiger partial charge in [-0.05, 0) is 63.3 Å². The van der Waals surface area contributed by atoms with Crippen molar-refractivity contribution in [3.05, 3.63) is 28.8 Å². The first-order valence-corrected chi connectivity index (χ1v) is 12.6. The van der Waals surface area contributed by atoms with E-state index in [2.05, 4.69) is 17.1 Å². The van der Waals surface area contributed by atoms with Crippen molar-refractivity contribution in [2.45, 2.75) is 62.8 Å². The predicted molar refractivity (Wildman–Crippen MR) is 116 cm³/mol. The van der Waals surface area contributed by atoms with Crippen molar-refractivity contribution >= 4 is 27.5 Å². The third-order valence-electron chi connectivity index (χ3n) is 6.01. The van der Waals surface area contributed by atoms with E-state index in [0.717, 1.165) is 32.4 Å². The van der Waals surface area contributed by atoms with Gasteiger partial charge in [-0.15, -0.1) is 0 Å². The third kappa shape index (κ3) is 5.51. The van der Waals surface area contributed by atoms with E-state index in [-0.39, 0.29) is 21.4 Å². The highest BCUT2D eigenvalue weighted by Gasteiger charge is 2.28. The molecule has 0 aliphatic carbocycles. The first-order valence-electron chi connectivity index (χ1n) is 10.8. The molecule has 1 atom stereocenters. The molecular weight excluding hydrogens is 410 g/mol. The van der Waals surface area contributed by atoms with Crippen LogP contribution in [0.2, 0.25) is 5.02 Å². The van der Waals surface area contributed by atoms with Gasteiger partial charge in [0.05, 0.1) is 15.5 Å². The molecule has 29 heavy (non-hydrogen) atoms. The van der Waals surface area contributed by atoms with Gasteiger partial charge in [-0.3, -0.25) is 4.79 Å². The average Bonchev–Trinajstić information content (AvgIpc) is 3.27. The largest absolute Gasteiger partial charge is 0.352 e. The van der Waals surface area contributed by atoms with Crippen molar-refractivity contribution in [1.82, 2.24) is 14.5 Å². The minimum Gasteiger partial charge on any atom is -0.352 e. The Kier molecular flexibility index (Phi) is 7.96. The summed E-state index contributed by atoms with van der Waals surface area (Å²) in [4.78, 5) is 15.3. The first kappa shape index (κ1) is 22.5. The zero-order valence-electron chi connectivity index (χ0n) is 17.2. The standard InChI is InChI=1S/C21H32ClN3O3S/c1-2-17-8-3-4-12-24(17)13-7-11-23-21(26)19-16-18(9-10-20(19)22)29(27,28)25-14-5-6-15-25/h9-10,16-17H,2-8,11-15H2,1H3,(H,23,26)/t17-/m1/s1. The van der Waals surface area contributed by atoms with Gasteiger partial charge in [0, 0.05) is 32.2 Å². The van der Waals surface area contributed by atoms with Crippen LogP contribution in [0.5, 0.6) is 0 Å². The van der Waals surface area contributed by atoms with Crippen molar-refractivity contribution < 1.29 is 13.2 Å². The number of hydrogen-bond donors (Lipinski definition) is 1. The summed E-state index contributed by atoms with van der Waals surface area (Å²) in [5.74, 6) is -0.320. The van der Waals surface area contributed by atoms with E-state index in [4.69, 9.17) is 11.6 Å². The summed E-state index contributed by atoms with van der Waals surface area (Å²) in [5.41, 5.74) is 0.219. The van der Waals surface area contributed by atoms with E-state index >= 15 is 0 Å². The number of nitrogens with one attached hydrogen (secondary N) is 1. The maximum Gasteiger partial charge on any atom is 0.252 e. The fourth-order valence-electron chi connectivity index (χ4n) is 4.31. The van der Waals surface area contributed by atoms with Crippen LogP contribution in [0, 0.1) is 0 Å². The molecule has 2 fully saturated rings. The zero-order valence-corrected chi connectivity index (χ0v) is 18.8. The molecule has 2 heterocycles. The van der Waals surface area contributed by atoms with E-state index in [1.807, 2.05) is 0 Å². The first-order chi connectivity index (χ1) is 13.9. The number of carbonyl (C=O) groups is 1. The molecule has 0 saturated carbocycles. The zero-order chi connectivity index (χ0) is 20.9. The number of carbonyl (C=O) groups excluding carboxylic acids is 1. The van der Waals surface area contributed by atoms with Crippen LogP contribution < -0.4 is 5.32 Å². The summed E-state index contributed by atoms with van der Waals surface area (Å²) in [7, 11) is -3.57. The van der Waals surface area contributed by atoms with Gasteiger partial charge >= 0.3 is 0 Å². The minimum absolute atomic E-state index is 0.132. The van der Waals surface area contributed by atoms with Gasteiger partial charge in [0.15, 0.2) is 0 Å². The molecule has 2 aliphatic rings. The van der Waals surface area contributed by atoms with Crippen LogP contribution in [-0.4, -0.2) is 62.3 Å². The van der Waals surface area contributed by atoms with Crippen LogP contribution in [0.1, 0.15) is 62.2 Å². The number of nitrogens with zero attached hydrogens (tertiary/aromatic N) is 2. The molecule has 3 rings (SSSR count). The average molecular weight is 442 g/mol. The lowest BCUT2D eigenvalue weighted by Crippen LogP contribution is -2.40. The fraction of sp³-hybridized carbons (Fsp3) is 0.667. The highest BCUT2D eigenvalue weighted by molar-refractivity contribution is 7.89. The molecule has 1 aromatic rings. The molecule has 1 aromatic carbocycles. The number of sulfonamides is 1. The van der Waals surface area contributed by atoms with Crippen LogP contribution >= 0.6 is 11.6 Å². The Morgan fingerprint density at radius 1 is 1.17 bits per heavy atom. The SMILES string of the molecule is CC[C@@H]1CCCCN1CCCNC(=O)c1cc(S(=O)(=O)N2CCCC2)ccc1Cl. The van der Waals surface area contributed by atoms with Crippen LogP contribution in [0.25, 0.3) is 0 Å². The molecule has 0 spiro atoms. The molecule has 0 radical (unpaired) electrons. The lowest BCUT2D eigenvalue weighted by atomic mass is 10.00. The minimum atomic E-state index is -3.57. The Labute approximate surface area is 179 Å². The van der Waals surface area contributed by atoms with E-state index in [0.29, 0.717) is 25.7 Å². The summed E-state index contributed by atoms with van der Waals surface area (Å²) in [5, 5.41) is 3.17. The summed E-state index contributed by atoms with van der Waals surface area (Å²) >= 11 is 6.20. The Bertz CT molecular complexity index is 809. The second kappa shape index (κ2) is 10.2. The highest BCUT2D eigenvalue weighted by Crippen LogP contribution is 2.25. The molecule has 1 amide bonds. The Balaban J connectivity index is 1.57. The number of halogens is 1. The summed E-state index contributed by atoms with van der Waals surface area (Å²) in [6.07, 6.45) is 7.59. The number of likely N-dealkylation sites (tertiary alicyclic amines) is 1. The molecular formula is C21H32ClN3O3S. The molecule has 2 aliphatic heterocycles. The van der Waals surface area contributed by atoms with E-state index in [1.54, 1.807) is 0 Å². The predicted octanol–water partition coefficient (Wildman–Crippen LogP) is 3.51. The van der Waals surface area contributed by atoms with Gasteiger partial charge in [-0.1, -0.05) is 24.9 Å². The molecule has 0 bridgehead atoms. The van der Waals surface area contributed by atoms with Crippen molar-refractivity contribution in [1.29, 1.82) is 0 Å². The van der Waals surface area contributed by atoms with E-state index < -0.39 is 10.0 Å². The Morgan fingerprint density at radius 3 is 2.62 bits per heavy atom. The van der Waals surface area contributed by atoms with Gasteiger partial charge in [-0.2, -0.15) is 4.31 Å². The van der Waals surface area contributed by atoms with Crippen molar-refractivity contribution in [2.24, 2.45) is 0 Å². The van der Waals surface area contributed by atoms with Crippen LogP contribution in [0.15, 0.2) is 23.1 Å². The topological polar surface area (TPSA) is 69.7 Å². The van der Waals surface area contributed by atoms with Gasteiger partial charge in [0.2, 0.25) is 10.0 Å². The fourth-order valence-corrected chi connectivity index (χ4v) is 6.06. The summed E-state index contributed by atoms with van der Waals surface area (Å²) in [6.45, 7) is 5.94. The number of piperidine rings is 1. The maximum atomic E-state index is 12.8. The highest BCUT2D eigenvalue weighted by atomic mass is 35.5. The number of benzene rings is 1. The second-order valence-corrected chi connectivity index (χ2v) is 10.3. The lowest BCUT2D eigenvalue weighted by Gasteiger charge is -2.35. The summed E-state index contributed by atoms with van der Waals surface area (Å²) in [6, 6.07) is 5.04.